The molecule has 110 valence electrons. The molecule has 0 saturated heterocycles. The number of hydrogen-bond donors (Lipinski definition) is 1. The minimum atomic E-state index is 0.0934. The molecule has 1 aromatic rings. The fourth-order valence-corrected chi connectivity index (χ4v) is 3.22. The molecule has 1 fully saturated rings. The van der Waals surface area contributed by atoms with Crippen LogP contribution in [0.2, 0.25) is 5.02 Å². The maximum Gasteiger partial charge on any atom is 0.191 e. The van der Waals surface area contributed by atoms with Gasteiger partial charge in [0.25, 0.3) is 0 Å². The van der Waals surface area contributed by atoms with Crippen molar-refractivity contribution in [1.82, 2.24) is 4.90 Å². The van der Waals surface area contributed by atoms with Gasteiger partial charge in [-0.1, -0.05) is 36.2 Å². The van der Waals surface area contributed by atoms with Crippen molar-refractivity contribution in [3.63, 3.8) is 0 Å². The van der Waals surface area contributed by atoms with E-state index in [9.17, 15) is 0 Å². The summed E-state index contributed by atoms with van der Waals surface area (Å²) in [5.41, 5.74) is 7.40. The molecule has 1 aromatic carbocycles. The lowest BCUT2D eigenvalue weighted by Gasteiger charge is -2.42. The van der Waals surface area contributed by atoms with E-state index in [0.717, 1.165) is 37.5 Å². The third-order valence-electron chi connectivity index (χ3n) is 4.39. The van der Waals surface area contributed by atoms with Crippen molar-refractivity contribution < 1.29 is 0 Å². The summed E-state index contributed by atoms with van der Waals surface area (Å²) in [6.07, 6.45) is 3.53. The van der Waals surface area contributed by atoms with E-state index >= 15 is 0 Å². The SMILES string of the molecule is CCN(CC)C(N)=NCC1(c2ccccc2Cl)CCC1. The molecule has 2 N–H and O–H groups in total. The Morgan fingerprint density at radius 3 is 2.45 bits per heavy atom. The summed E-state index contributed by atoms with van der Waals surface area (Å²) in [6, 6.07) is 8.13. The van der Waals surface area contributed by atoms with Crippen LogP contribution in [0.1, 0.15) is 38.7 Å². The van der Waals surface area contributed by atoms with Crippen molar-refractivity contribution in [3.8, 4) is 0 Å². The summed E-state index contributed by atoms with van der Waals surface area (Å²) in [5, 5.41) is 0.851. The number of nitrogens with zero attached hydrogens (tertiary/aromatic N) is 2. The smallest absolute Gasteiger partial charge is 0.191 e. The second-order valence-electron chi connectivity index (χ2n) is 5.46. The van der Waals surface area contributed by atoms with Gasteiger partial charge >= 0.3 is 0 Å². The summed E-state index contributed by atoms with van der Waals surface area (Å²) in [5.74, 6) is 0.647. The van der Waals surface area contributed by atoms with Crippen LogP contribution in [0.5, 0.6) is 0 Å². The van der Waals surface area contributed by atoms with E-state index in [4.69, 9.17) is 17.3 Å². The van der Waals surface area contributed by atoms with Crippen molar-refractivity contribution in [2.45, 2.75) is 38.5 Å². The molecule has 4 heteroatoms. The Bertz CT molecular complexity index is 476. The first-order valence-corrected chi connectivity index (χ1v) is 7.80. The normalized spacial score (nSPS) is 17.6. The fourth-order valence-electron chi connectivity index (χ4n) is 2.89. The first-order chi connectivity index (χ1) is 9.63. The first kappa shape index (κ1) is 15.2. The third kappa shape index (κ3) is 2.93. The van der Waals surface area contributed by atoms with Crippen molar-refractivity contribution in [1.29, 1.82) is 0 Å². The molecule has 0 radical (unpaired) electrons. The Labute approximate surface area is 126 Å². The van der Waals surface area contributed by atoms with Gasteiger partial charge in [-0.05, 0) is 38.3 Å². The largest absolute Gasteiger partial charge is 0.370 e. The average Bonchev–Trinajstić information content (AvgIpc) is 2.41. The lowest BCUT2D eigenvalue weighted by Crippen LogP contribution is -2.41. The predicted octanol–water partition coefficient (Wildman–Crippen LogP) is 3.42. The van der Waals surface area contributed by atoms with Crippen LogP contribution in [-0.2, 0) is 5.41 Å². The molecule has 0 amide bonds. The summed E-state index contributed by atoms with van der Waals surface area (Å²) >= 11 is 6.36. The van der Waals surface area contributed by atoms with E-state index in [2.05, 4.69) is 35.9 Å². The molecule has 3 nitrogen and oxygen atoms in total. The van der Waals surface area contributed by atoms with E-state index in [1.54, 1.807) is 0 Å². The lowest BCUT2D eigenvalue weighted by molar-refractivity contribution is 0.252. The molecule has 1 aliphatic carbocycles. The van der Waals surface area contributed by atoms with Crippen LogP contribution in [0.3, 0.4) is 0 Å². The fraction of sp³-hybridized carbons (Fsp3) is 0.562. The molecule has 0 unspecified atom stereocenters. The molecule has 20 heavy (non-hydrogen) atoms. The van der Waals surface area contributed by atoms with Gasteiger partial charge in [-0.3, -0.25) is 4.99 Å². The lowest BCUT2D eigenvalue weighted by atomic mass is 9.64. The Balaban J connectivity index is 2.17. The number of guanidine groups is 1. The van der Waals surface area contributed by atoms with Crippen LogP contribution in [0.4, 0.5) is 0 Å². The highest BCUT2D eigenvalue weighted by atomic mass is 35.5. The second kappa shape index (κ2) is 6.49. The first-order valence-electron chi connectivity index (χ1n) is 7.43. The molecule has 0 heterocycles. The van der Waals surface area contributed by atoms with Crippen LogP contribution in [0, 0.1) is 0 Å². The van der Waals surface area contributed by atoms with Gasteiger partial charge in [-0.25, -0.2) is 0 Å². The zero-order valence-electron chi connectivity index (χ0n) is 12.4. The zero-order chi connectivity index (χ0) is 14.6. The Kier molecular flexibility index (Phi) is 4.92. The standard InChI is InChI=1S/C16H24ClN3/c1-3-20(4-2)15(18)19-12-16(10-7-11-16)13-8-5-6-9-14(13)17/h5-6,8-9H,3-4,7,10-12H2,1-2H3,(H2,18,19). The number of halogens is 1. The number of hydrogen-bond acceptors (Lipinski definition) is 1. The summed E-state index contributed by atoms with van der Waals surface area (Å²) in [6.45, 7) is 6.72. The molecule has 0 aliphatic heterocycles. The number of rotatable bonds is 5. The van der Waals surface area contributed by atoms with Crippen molar-refractivity contribution in [2.24, 2.45) is 10.7 Å². The maximum absolute atomic E-state index is 6.36. The number of benzene rings is 1. The maximum atomic E-state index is 6.36. The Morgan fingerprint density at radius 1 is 1.30 bits per heavy atom. The monoisotopic (exact) mass is 293 g/mol. The molecule has 2 rings (SSSR count). The minimum Gasteiger partial charge on any atom is -0.370 e. The van der Waals surface area contributed by atoms with E-state index in [1.807, 2.05) is 12.1 Å². The van der Waals surface area contributed by atoms with Crippen molar-refractivity contribution >= 4 is 17.6 Å². The van der Waals surface area contributed by atoms with Crippen LogP contribution >= 0.6 is 11.6 Å². The van der Waals surface area contributed by atoms with Crippen LogP contribution in [0.25, 0.3) is 0 Å². The van der Waals surface area contributed by atoms with E-state index in [-0.39, 0.29) is 5.41 Å². The Hall–Kier alpha value is -1.22. The molecule has 1 aliphatic rings. The van der Waals surface area contributed by atoms with Gasteiger partial charge < -0.3 is 10.6 Å². The summed E-state index contributed by atoms with van der Waals surface area (Å²) < 4.78 is 0. The van der Waals surface area contributed by atoms with Crippen molar-refractivity contribution in [3.05, 3.63) is 34.9 Å². The molecule has 0 aromatic heterocycles. The molecular formula is C16H24ClN3. The van der Waals surface area contributed by atoms with Crippen LogP contribution in [-0.4, -0.2) is 30.5 Å². The van der Waals surface area contributed by atoms with E-state index in [1.165, 1.54) is 12.0 Å². The second-order valence-corrected chi connectivity index (χ2v) is 5.87. The number of nitrogens with two attached hydrogens (primary N) is 1. The predicted molar refractivity (Wildman–Crippen MR) is 86.4 cm³/mol. The molecular weight excluding hydrogens is 270 g/mol. The Morgan fingerprint density at radius 2 is 1.95 bits per heavy atom. The molecule has 0 bridgehead atoms. The highest BCUT2D eigenvalue weighted by Gasteiger charge is 2.39. The van der Waals surface area contributed by atoms with Gasteiger partial charge in [0, 0.05) is 23.5 Å². The van der Waals surface area contributed by atoms with Gasteiger partial charge in [-0.15, -0.1) is 0 Å². The van der Waals surface area contributed by atoms with Gasteiger partial charge in [0.1, 0.15) is 0 Å². The summed E-state index contributed by atoms with van der Waals surface area (Å²) in [7, 11) is 0. The molecule has 0 atom stereocenters. The van der Waals surface area contributed by atoms with Gasteiger partial charge in [0.15, 0.2) is 5.96 Å². The topological polar surface area (TPSA) is 41.6 Å². The summed E-state index contributed by atoms with van der Waals surface area (Å²) in [4.78, 5) is 6.72. The van der Waals surface area contributed by atoms with Gasteiger partial charge in [0.05, 0.1) is 6.54 Å². The van der Waals surface area contributed by atoms with Gasteiger partial charge in [-0.2, -0.15) is 0 Å². The average molecular weight is 294 g/mol. The van der Waals surface area contributed by atoms with Crippen LogP contribution in [0.15, 0.2) is 29.3 Å². The van der Waals surface area contributed by atoms with Crippen molar-refractivity contribution in [2.75, 3.05) is 19.6 Å². The zero-order valence-corrected chi connectivity index (χ0v) is 13.2. The van der Waals surface area contributed by atoms with Gasteiger partial charge in [0.2, 0.25) is 0 Å². The highest BCUT2D eigenvalue weighted by Crippen LogP contribution is 2.46. The van der Waals surface area contributed by atoms with E-state index in [0.29, 0.717) is 5.96 Å². The van der Waals surface area contributed by atoms with E-state index < -0.39 is 0 Å². The number of aliphatic imine (C=N–C) groups is 1. The minimum absolute atomic E-state index is 0.0934. The van der Waals surface area contributed by atoms with Crippen LogP contribution < -0.4 is 5.73 Å². The third-order valence-corrected chi connectivity index (χ3v) is 4.72. The highest BCUT2D eigenvalue weighted by molar-refractivity contribution is 6.31. The molecule has 0 spiro atoms. The quantitative estimate of drug-likeness (QED) is 0.667. The molecule has 1 saturated carbocycles.